The van der Waals surface area contributed by atoms with E-state index in [-0.39, 0.29) is 21.8 Å². The van der Waals surface area contributed by atoms with Crippen molar-refractivity contribution in [3.63, 3.8) is 0 Å². The van der Waals surface area contributed by atoms with Gasteiger partial charge in [0.25, 0.3) is 15.9 Å². The molecule has 0 aromatic heterocycles. The van der Waals surface area contributed by atoms with Gasteiger partial charge in [0.2, 0.25) is 0 Å². The molecule has 1 amide bonds. The van der Waals surface area contributed by atoms with Crippen molar-refractivity contribution in [1.82, 2.24) is 0 Å². The van der Waals surface area contributed by atoms with Crippen molar-refractivity contribution in [2.24, 2.45) is 0 Å². The first-order valence-electron chi connectivity index (χ1n) is 8.42. The summed E-state index contributed by atoms with van der Waals surface area (Å²) in [5, 5.41) is 2.26. The Morgan fingerprint density at radius 3 is 2.23 bits per heavy atom. The summed E-state index contributed by atoms with van der Waals surface area (Å²) >= 11 is 0. The lowest BCUT2D eigenvalue weighted by Crippen LogP contribution is -2.19. The quantitative estimate of drug-likeness (QED) is 0.557. The minimum atomic E-state index is -4.60. The molecule has 0 aliphatic heterocycles. The van der Waals surface area contributed by atoms with Crippen LogP contribution in [0.15, 0.2) is 77.7 Å². The maximum absolute atomic E-state index is 13.7. The van der Waals surface area contributed by atoms with Gasteiger partial charge in [-0.05, 0) is 48.5 Å². The molecule has 3 aromatic rings. The number of anilines is 2. The Labute approximate surface area is 169 Å². The molecule has 0 spiro atoms. The Hall–Kier alpha value is -3.40. The number of carbonyl (C=O) groups is 1. The lowest BCUT2D eigenvalue weighted by atomic mass is 10.1. The Kier molecular flexibility index (Phi) is 5.79. The fourth-order valence-corrected chi connectivity index (χ4v) is 3.67. The number of nitrogens with one attached hydrogen (secondary N) is 2. The lowest BCUT2D eigenvalue weighted by molar-refractivity contribution is -0.137. The van der Waals surface area contributed by atoms with Gasteiger partial charge in [0, 0.05) is 5.69 Å². The second kappa shape index (κ2) is 8.15. The van der Waals surface area contributed by atoms with Gasteiger partial charge in [-0.25, -0.2) is 12.8 Å². The molecular weight excluding hydrogens is 424 g/mol. The predicted molar refractivity (Wildman–Crippen MR) is 103 cm³/mol. The van der Waals surface area contributed by atoms with Crippen LogP contribution < -0.4 is 10.0 Å². The summed E-state index contributed by atoms with van der Waals surface area (Å²) < 4.78 is 79.4. The highest BCUT2D eigenvalue weighted by Crippen LogP contribution is 2.31. The SMILES string of the molecule is O=C(Nc1cccc(C(F)(F)F)c1)c1ccc(F)cc1NS(=O)(=O)c1ccccc1. The van der Waals surface area contributed by atoms with Crippen LogP contribution in [-0.2, 0) is 16.2 Å². The van der Waals surface area contributed by atoms with Gasteiger partial charge in [0.15, 0.2) is 0 Å². The maximum atomic E-state index is 13.7. The Morgan fingerprint density at radius 1 is 0.867 bits per heavy atom. The average molecular weight is 438 g/mol. The van der Waals surface area contributed by atoms with Gasteiger partial charge in [-0.2, -0.15) is 13.2 Å². The predicted octanol–water partition coefficient (Wildman–Crippen LogP) is 4.90. The number of hydrogen-bond acceptors (Lipinski definition) is 3. The van der Waals surface area contributed by atoms with Crippen LogP contribution in [0.3, 0.4) is 0 Å². The minimum Gasteiger partial charge on any atom is -0.322 e. The number of carbonyl (C=O) groups excluding carboxylic acids is 1. The summed E-state index contributed by atoms with van der Waals surface area (Å²) in [7, 11) is -4.13. The first kappa shape index (κ1) is 21.3. The monoisotopic (exact) mass is 438 g/mol. The molecule has 10 heteroatoms. The van der Waals surface area contributed by atoms with Gasteiger partial charge in [0.05, 0.1) is 21.7 Å². The largest absolute Gasteiger partial charge is 0.416 e. The molecule has 3 rings (SSSR count). The topological polar surface area (TPSA) is 75.3 Å². The zero-order chi connectivity index (χ0) is 21.9. The number of halogens is 4. The number of hydrogen-bond donors (Lipinski definition) is 2. The normalized spacial score (nSPS) is 11.7. The second-order valence-electron chi connectivity index (χ2n) is 6.14. The van der Waals surface area contributed by atoms with Crippen LogP contribution in [0.4, 0.5) is 28.9 Å². The Bertz CT molecular complexity index is 1180. The van der Waals surface area contributed by atoms with Gasteiger partial charge in [-0.1, -0.05) is 24.3 Å². The number of amides is 1. The fourth-order valence-electron chi connectivity index (χ4n) is 2.57. The molecule has 3 aromatic carbocycles. The van der Waals surface area contributed by atoms with Crippen molar-refractivity contribution in [3.05, 3.63) is 89.7 Å². The summed E-state index contributed by atoms with van der Waals surface area (Å²) in [4.78, 5) is 12.5. The highest BCUT2D eigenvalue weighted by atomic mass is 32.2. The molecule has 0 saturated heterocycles. The summed E-state index contributed by atoms with van der Waals surface area (Å²) in [5.41, 5.74) is -1.75. The molecule has 5 nitrogen and oxygen atoms in total. The molecule has 0 aliphatic carbocycles. The zero-order valence-electron chi connectivity index (χ0n) is 15.1. The molecule has 30 heavy (non-hydrogen) atoms. The molecule has 0 aliphatic rings. The lowest BCUT2D eigenvalue weighted by Gasteiger charge is -2.14. The van der Waals surface area contributed by atoms with Crippen LogP contribution in [0, 0.1) is 5.82 Å². The van der Waals surface area contributed by atoms with Crippen molar-refractivity contribution in [1.29, 1.82) is 0 Å². The number of sulfonamides is 1. The van der Waals surface area contributed by atoms with Crippen molar-refractivity contribution in [2.45, 2.75) is 11.1 Å². The molecule has 0 unspecified atom stereocenters. The van der Waals surface area contributed by atoms with Gasteiger partial charge in [-0.15, -0.1) is 0 Å². The van der Waals surface area contributed by atoms with Gasteiger partial charge in [-0.3, -0.25) is 9.52 Å². The van der Waals surface area contributed by atoms with E-state index in [1.165, 1.54) is 30.3 Å². The smallest absolute Gasteiger partial charge is 0.322 e. The average Bonchev–Trinajstić information content (AvgIpc) is 2.68. The standard InChI is InChI=1S/C20H14F4N2O3S/c21-14-9-10-17(18(12-14)26-30(28,29)16-7-2-1-3-8-16)19(27)25-15-6-4-5-13(11-15)20(22,23)24/h1-12,26H,(H,25,27). The molecule has 0 heterocycles. The van der Waals surface area contributed by atoms with E-state index >= 15 is 0 Å². The highest BCUT2D eigenvalue weighted by Gasteiger charge is 2.30. The maximum Gasteiger partial charge on any atom is 0.416 e. The van der Waals surface area contributed by atoms with Crippen molar-refractivity contribution < 1.29 is 30.8 Å². The minimum absolute atomic E-state index is 0.113. The third-order valence-electron chi connectivity index (χ3n) is 3.97. The summed E-state index contributed by atoms with van der Waals surface area (Å²) in [6.45, 7) is 0. The van der Waals surface area contributed by atoms with Crippen LogP contribution in [0.1, 0.15) is 15.9 Å². The van der Waals surface area contributed by atoms with Crippen LogP contribution >= 0.6 is 0 Å². The Balaban J connectivity index is 1.91. The molecule has 0 saturated carbocycles. The van der Waals surface area contributed by atoms with Crippen LogP contribution in [0.2, 0.25) is 0 Å². The van der Waals surface area contributed by atoms with E-state index in [0.29, 0.717) is 0 Å². The van der Waals surface area contributed by atoms with Crippen molar-refractivity contribution in [2.75, 3.05) is 10.0 Å². The summed E-state index contributed by atoms with van der Waals surface area (Å²) in [5.74, 6) is -1.73. The number of rotatable bonds is 5. The van der Waals surface area contributed by atoms with E-state index in [4.69, 9.17) is 0 Å². The van der Waals surface area contributed by atoms with Crippen LogP contribution in [-0.4, -0.2) is 14.3 Å². The van der Waals surface area contributed by atoms with Gasteiger partial charge >= 0.3 is 6.18 Å². The molecule has 156 valence electrons. The summed E-state index contributed by atoms with van der Waals surface area (Å²) in [6.07, 6.45) is -4.60. The Morgan fingerprint density at radius 2 is 1.57 bits per heavy atom. The fraction of sp³-hybridized carbons (Fsp3) is 0.0500. The zero-order valence-corrected chi connectivity index (χ0v) is 15.9. The third kappa shape index (κ3) is 4.95. The van der Waals surface area contributed by atoms with Crippen LogP contribution in [0.5, 0.6) is 0 Å². The van der Waals surface area contributed by atoms with Gasteiger partial charge in [0.1, 0.15) is 5.82 Å². The van der Waals surface area contributed by atoms with E-state index in [1.54, 1.807) is 6.07 Å². The van der Waals surface area contributed by atoms with Gasteiger partial charge < -0.3 is 5.32 Å². The third-order valence-corrected chi connectivity index (χ3v) is 5.35. The molecule has 0 atom stereocenters. The van der Waals surface area contributed by atoms with E-state index in [9.17, 15) is 30.8 Å². The number of benzene rings is 3. The molecule has 0 fully saturated rings. The van der Waals surface area contributed by atoms with E-state index in [0.717, 1.165) is 36.4 Å². The van der Waals surface area contributed by atoms with Crippen molar-refractivity contribution in [3.8, 4) is 0 Å². The second-order valence-corrected chi connectivity index (χ2v) is 7.82. The summed E-state index contributed by atoms with van der Waals surface area (Å²) in [6, 6.07) is 13.9. The number of alkyl halides is 3. The highest BCUT2D eigenvalue weighted by molar-refractivity contribution is 7.92. The molecule has 0 radical (unpaired) electrons. The molecular formula is C20H14F4N2O3S. The molecule has 0 bridgehead atoms. The van der Waals surface area contributed by atoms with E-state index in [2.05, 4.69) is 10.0 Å². The van der Waals surface area contributed by atoms with Crippen molar-refractivity contribution >= 4 is 27.3 Å². The van der Waals surface area contributed by atoms with E-state index in [1.807, 2.05) is 0 Å². The first-order valence-corrected chi connectivity index (χ1v) is 9.90. The van der Waals surface area contributed by atoms with E-state index < -0.39 is 33.5 Å². The molecule has 2 N–H and O–H groups in total. The van der Waals surface area contributed by atoms with Crippen LogP contribution in [0.25, 0.3) is 0 Å². The first-order chi connectivity index (χ1) is 14.1.